The van der Waals surface area contributed by atoms with Crippen molar-refractivity contribution in [2.75, 3.05) is 7.05 Å². The zero-order chi connectivity index (χ0) is 22.6. The molecule has 12 heteroatoms. The molecular weight excluding hydrogens is 427 g/mol. The summed E-state index contributed by atoms with van der Waals surface area (Å²) in [7, 11) is -2.82. The second kappa shape index (κ2) is 6.96. The molecule has 0 spiro atoms. The van der Waals surface area contributed by atoms with Crippen molar-refractivity contribution >= 4 is 27.6 Å². The van der Waals surface area contributed by atoms with Gasteiger partial charge in [0.05, 0.1) is 4.75 Å². The largest absolute Gasteiger partial charge is 0.471 e. The molecular formula is C18H20F3N3O5S. The van der Waals surface area contributed by atoms with Gasteiger partial charge in [-0.1, -0.05) is 30.3 Å². The number of sulfone groups is 1. The monoisotopic (exact) mass is 447 g/mol. The van der Waals surface area contributed by atoms with Crippen molar-refractivity contribution in [2.45, 2.75) is 48.8 Å². The molecule has 1 aromatic carbocycles. The predicted molar refractivity (Wildman–Crippen MR) is 98.3 cm³/mol. The summed E-state index contributed by atoms with van der Waals surface area (Å²) in [6, 6.07) is 5.53. The average molecular weight is 447 g/mol. The lowest BCUT2D eigenvalue weighted by Gasteiger charge is -2.44. The van der Waals surface area contributed by atoms with Crippen LogP contribution in [0.25, 0.3) is 0 Å². The number of alkyl halides is 3. The summed E-state index contributed by atoms with van der Waals surface area (Å²) < 4.78 is 61.8. The summed E-state index contributed by atoms with van der Waals surface area (Å²) in [4.78, 5) is 38.8. The van der Waals surface area contributed by atoms with Crippen molar-refractivity contribution in [3.8, 4) is 0 Å². The SMILES string of the molecule is CN(Cc1ccccc1)C(=O)C1N2C(=O)C(NC(=O)C(F)(F)F)[C@H]2S(=O)(=O)C1(C)C. The number of carbonyl (C=O) groups excluding carboxylic acids is 3. The Bertz CT molecular complexity index is 994. The Kier molecular flexibility index (Phi) is 5.12. The van der Waals surface area contributed by atoms with Gasteiger partial charge in [-0.2, -0.15) is 13.2 Å². The number of amides is 3. The van der Waals surface area contributed by atoms with Gasteiger partial charge in [0.2, 0.25) is 11.8 Å². The number of fused-ring (bicyclic) bond motifs is 1. The molecule has 0 radical (unpaired) electrons. The number of nitrogens with one attached hydrogen (secondary N) is 1. The highest BCUT2D eigenvalue weighted by atomic mass is 32.2. The van der Waals surface area contributed by atoms with E-state index in [9.17, 15) is 36.0 Å². The van der Waals surface area contributed by atoms with E-state index in [-0.39, 0.29) is 6.54 Å². The van der Waals surface area contributed by atoms with Gasteiger partial charge in [0.15, 0.2) is 15.2 Å². The van der Waals surface area contributed by atoms with Crippen molar-refractivity contribution in [1.82, 2.24) is 15.1 Å². The molecule has 0 aliphatic carbocycles. The smallest absolute Gasteiger partial charge is 0.340 e. The van der Waals surface area contributed by atoms with Gasteiger partial charge in [-0.3, -0.25) is 14.4 Å². The lowest BCUT2D eigenvalue weighted by Crippen LogP contribution is -2.73. The number of hydrogen-bond donors (Lipinski definition) is 1. The van der Waals surface area contributed by atoms with Crippen LogP contribution in [0.2, 0.25) is 0 Å². The molecule has 1 aromatic rings. The van der Waals surface area contributed by atoms with Crippen molar-refractivity contribution < 1.29 is 36.0 Å². The summed E-state index contributed by atoms with van der Waals surface area (Å²) in [5.41, 5.74) is 0.772. The maximum atomic E-state index is 13.1. The molecule has 2 heterocycles. The van der Waals surface area contributed by atoms with Gasteiger partial charge < -0.3 is 15.1 Å². The molecule has 2 fully saturated rings. The molecule has 2 aliphatic heterocycles. The fourth-order valence-electron chi connectivity index (χ4n) is 3.81. The number of benzene rings is 1. The quantitative estimate of drug-likeness (QED) is 0.675. The highest BCUT2D eigenvalue weighted by Crippen LogP contribution is 2.46. The molecule has 8 nitrogen and oxygen atoms in total. The minimum atomic E-state index is -5.27. The van der Waals surface area contributed by atoms with Gasteiger partial charge in [0, 0.05) is 13.6 Å². The van der Waals surface area contributed by atoms with Crippen LogP contribution in [0.15, 0.2) is 30.3 Å². The number of halogens is 3. The van der Waals surface area contributed by atoms with Crippen LogP contribution in [0.3, 0.4) is 0 Å². The Balaban J connectivity index is 1.88. The van der Waals surface area contributed by atoms with Gasteiger partial charge in [0.1, 0.15) is 12.1 Å². The van der Waals surface area contributed by atoms with Crippen molar-refractivity contribution in [3.63, 3.8) is 0 Å². The average Bonchev–Trinajstić information content (AvgIpc) is 2.79. The van der Waals surface area contributed by atoms with E-state index in [0.717, 1.165) is 10.5 Å². The molecule has 1 N–H and O–H groups in total. The molecule has 3 amide bonds. The minimum Gasteiger partial charge on any atom is -0.340 e. The highest BCUT2D eigenvalue weighted by Gasteiger charge is 2.72. The summed E-state index contributed by atoms with van der Waals surface area (Å²) in [5.74, 6) is -4.12. The first kappa shape index (κ1) is 22.1. The van der Waals surface area contributed by atoms with Crippen LogP contribution in [0.1, 0.15) is 19.4 Å². The van der Waals surface area contributed by atoms with Crippen LogP contribution in [-0.2, 0) is 30.8 Å². The zero-order valence-electron chi connectivity index (χ0n) is 16.3. The van der Waals surface area contributed by atoms with Crippen molar-refractivity contribution in [1.29, 1.82) is 0 Å². The Morgan fingerprint density at radius 2 is 1.77 bits per heavy atom. The van der Waals surface area contributed by atoms with E-state index >= 15 is 0 Å². The topological polar surface area (TPSA) is 104 Å². The number of hydrogen-bond acceptors (Lipinski definition) is 5. The molecule has 2 aliphatic rings. The summed E-state index contributed by atoms with van der Waals surface area (Å²) in [5, 5.41) is -0.291. The van der Waals surface area contributed by atoms with Crippen LogP contribution in [0.5, 0.6) is 0 Å². The standard InChI is InChI=1S/C18H20F3N3O5S/c1-17(2)12(14(26)23(3)9-10-7-5-4-6-8-10)24-13(25)11(15(24)30(17,28)29)22-16(27)18(19,20)21/h4-8,11-12,15H,9H2,1-3H3,(H,22,27)/t11?,12?,15-/m1/s1. The third-order valence-corrected chi connectivity index (χ3v) is 8.31. The van der Waals surface area contributed by atoms with Gasteiger partial charge in [-0.25, -0.2) is 8.42 Å². The number of β-lactam (4-membered cyclic amide) rings is 1. The Morgan fingerprint density at radius 1 is 1.20 bits per heavy atom. The van der Waals surface area contributed by atoms with Gasteiger partial charge in [-0.15, -0.1) is 0 Å². The lowest BCUT2D eigenvalue weighted by molar-refractivity contribution is -0.178. The Hall–Kier alpha value is -2.63. The number of nitrogens with zero attached hydrogens (tertiary/aromatic N) is 2. The molecule has 0 saturated carbocycles. The second-order valence-corrected chi connectivity index (χ2v) is 10.4. The van der Waals surface area contributed by atoms with Crippen molar-refractivity contribution in [2.24, 2.45) is 0 Å². The maximum absolute atomic E-state index is 13.1. The first-order valence-electron chi connectivity index (χ1n) is 8.93. The fraction of sp³-hybridized carbons (Fsp3) is 0.500. The van der Waals surface area contributed by atoms with E-state index in [1.165, 1.54) is 31.1 Å². The zero-order valence-corrected chi connectivity index (χ0v) is 17.1. The second-order valence-electron chi connectivity index (χ2n) is 7.82. The predicted octanol–water partition coefficient (Wildman–Crippen LogP) is 0.436. The Labute approximate surface area is 170 Å². The molecule has 0 bridgehead atoms. The van der Waals surface area contributed by atoms with Crippen molar-refractivity contribution in [3.05, 3.63) is 35.9 Å². The van der Waals surface area contributed by atoms with Crippen LogP contribution in [0, 0.1) is 0 Å². The highest BCUT2D eigenvalue weighted by molar-refractivity contribution is 7.94. The summed E-state index contributed by atoms with van der Waals surface area (Å²) >= 11 is 0. The molecule has 2 unspecified atom stereocenters. The molecule has 164 valence electrons. The van der Waals surface area contributed by atoms with Crippen LogP contribution >= 0.6 is 0 Å². The van der Waals surface area contributed by atoms with E-state index in [4.69, 9.17) is 0 Å². The third-order valence-electron chi connectivity index (χ3n) is 5.48. The number of carbonyl (C=O) groups is 3. The first-order chi connectivity index (χ1) is 13.7. The maximum Gasteiger partial charge on any atom is 0.471 e. The molecule has 3 rings (SSSR count). The lowest BCUT2D eigenvalue weighted by atomic mass is 9.94. The third kappa shape index (κ3) is 3.22. The molecule has 3 atom stereocenters. The minimum absolute atomic E-state index is 0.146. The number of likely N-dealkylation sites (N-methyl/N-ethyl adjacent to an activating group) is 1. The van der Waals surface area contributed by atoms with E-state index in [2.05, 4.69) is 0 Å². The van der Waals surface area contributed by atoms with Gasteiger partial charge >= 0.3 is 12.1 Å². The molecule has 30 heavy (non-hydrogen) atoms. The van der Waals surface area contributed by atoms with E-state index in [1.54, 1.807) is 30.3 Å². The fourth-order valence-corrected chi connectivity index (χ4v) is 6.02. The number of rotatable bonds is 4. The molecule has 2 saturated heterocycles. The van der Waals surface area contributed by atoms with E-state index in [1.807, 2.05) is 0 Å². The first-order valence-corrected chi connectivity index (χ1v) is 10.5. The normalized spacial score (nSPS) is 26.5. The summed E-state index contributed by atoms with van der Waals surface area (Å²) in [6.45, 7) is 2.64. The van der Waals surface area contributed by atoms with Gasteiger partial charge in [-0.05, 0) is 19.4 Å². The van der Waals surface area contributed by atoms with E-state index < -0.39 is 55.9 Å². The van der Waals surface area contributed by atoms with Crippen LogP contribution in [0.4, 0.5) is 13.2 Å². The van der Waals surface area contributed by atoms with Gasteiger partial charge in [0.25, 0.3) is 0 Å². The molecule has 0 aromatic heterocycles. The summed E-state index contributed by atoms with van der Waals surface area (Å²) in [6.07, 6.45) is -5.27. The van der Waals surface area contributed by atoms with Crippen LogP contribution < -0.4 is 5.32 Å². The Morgan fingerprint density at radius 3 is 2.30 bits per heavy atom. The van der Waals surface area contributed by atoms with Crippen LogP contribution in [-0.4, -0.2) is 71.4 Å². The van der Waals surface area contributed by atoms with E-state index in [0.29, 0.717) is 0 Å².